The predicted octanol–water partition coefficient (Wildman–Crippen LogP) is 4.44. The van der Waals surface area contributed by atoms with E-state index in [2.05, 4.69) is 36.6 Å². The molecule has 1 atom stereocenters. The maximum absolute atomic E-state index is 12.1. The molecule has 0 aliphatic heterocycles. The molecule has 3 heteroatoms. The lowest BCUT2D eigenvalue weighted by molar-refractivity contribution is 0.249. The van der Waals surface area contributed by atoms with E-state index in [1.165, 1.54) is 5.56 Å². The molecule has 0 fully saturated rings. The molecule has 0 aliphatic carbocycles. The summed E-state index contributed by atoms with van der Waals surface area (Å²) >= 11 is 0. The number of anilines is 1. The smallest absolute Gasteiger partial charge is 0.319 e. The first-order valence-electron chi connectivity index (χ1n) is 7.32. The van der Waals surface area contributed by atoms with Crippen LogP contribution in [0.1, 0.15) is 36.6 Å². The Bertz CT molecular complexity index is 605. The molecule has 2 amide bonds. The lowest BCUT2D eigenvalue weighted by Gasteiger charge is -2.16. The van der Waals surface area contributed by atoms with Crippen molar-refractivity contribution in [3.63, 3.8) is 0 Å². The van der Waals surface area contributed by atoms with Gasteiger partial charge in [0.2, 0.25) is 0 Å². The molecule has 0 saturated heterocycles. The van der Waals surface area contributed by atoms with Crippen molar-refractivity contribution in [2.75, 3.05) is 5.32 Å². The quantitative estimate of drug-likeness (QED) is 0.855. The van der Waals surface area contributed by atoms with Gasteiger partial charge in [-0.3, -0.25) is 0 Å². The van der Waals surface area contributed by atoms with Crippen molar-refractivity contribution >= 4 is 11.7 Å². The van der Waals surface area contributed by atoms with Crippen molar-refractivity contribution in [1.82, 2.24) is 5.32 Å². The number of para-hydroxylation sites is 1. The second-order valence-corrected chi connectivity index (χ2v) is 5.24. The van der Waals surface area contributed by atoms with E-state index < -0.39 is 0 Å². The fourth-order valence-corrected chi connectivity index (χ4v) is 2.24. The van der Waals surface area contributed by atoms with Gasteiger partial charge in [0, 0.05) is 5.69 Å². The minimum absolute atomic E-state index is 0.0283. The summed E-state index contributed by atoms with van der Waals surface area (Å²) in [6, 6.07) is 15.8. The highest BCUT2D eigenvalue weighted by Crippen LogP contribution is 2.17. The lowest BCUT2D eigenvalue weighted by Crippen LogP contribution is -2.31. The van der Waals surface area contributed by atoms with Crippen molar-refractivity contribution in [2.45, 2.75) is 33.2 Å². The number of hydrogen-bond acceptors (Lipinski definition) is 1. The van der Waals surface area contributed by atoms with Crippen molar-refractivity contribution in [2.24, 2.45) is 0 Å². The molecule has 0 saturated carbocycles. The monoisotopic (exact) mass is 282 g/mol. The normalized spacial score (nSPS) is 11.8. The highest BCUT2D eigenvalue weighted by Gasteiger charge is 2.10. The molecule has 0 spiro atoms. The molecule has 1 unspecified atom stereocenters. The van der Waals surface area contributed by atoms with E-state index in [1.807, 2.05) is 43.3 Å². The van der Waals surface area contributed by atoms with Crippen LogP contribution in [0.15, 0.2) is 48.5 Å². The molecular weight excluding hydrogens is 260 g/mol. The van der Waals surface area contributed by atoms with Gasteiger partial charge in [-0.15, -0.1) is 0 Å². The van der Waals surface area contributed by atoms with Crippen LogP contribution < -0.4 is 10.6 Å². The second kappa shape index (κ2) is 6.93. The van der Waals surface area contributed by atoms with Crippen molar-refractivity contribution < 1.29 is 4.79 Å². The number of carbonyl (C=O) groups is 1. The molecule has 0 bridgehead atoms. The lowest BCUT2D eigenvalue weighted by atomic mass is 10.1. The molecule has 110 valence electrons. The van der Waals surface area contributed by atoms with E-state index in [0.717, 1.165) is 23.2 Å². The summed E-state index contributed by atoms with van der Waals surface area (Å²) in [5, 5.41) is 5.89. The molecular formula is C18H22N2O. The SMILES string of the molecule is CCc1ccccc1NC(=O)NC(C)c1ccc(C)cc1. The van der Waals surface area contributed by atoms with Crippen molar-refractivity contribution in [1.29, 1.82) is 0 Å². The van der Waals surface area contributed by atoms with Gasteiger partial charge in [-0.05, 0) is 37.5 Å². The Labute approximate surface area is 126 Å². The van der Waals surface area contributed by atoms with Crippen LogP contribution in [-0.2, 0) is 6.42 Å². The van der Waals surface area contributed by atoms with Crippen LogP contribution >= 0.6 is 0 Å². The van der Waals surface area contributed by atoms with E-state index in [9.17, 15) is 4.79 Å². The van der Waals surface area contributed by atoms with Gasteiger partial charge >= 0.3 is 6.03 Å². The van der Waals surface area contributed by atoms with E-state index in [1.54, 1.807) is 0 Å². The van der Waals surface area contributed by atoms with Crippen LogP contribution in [-0.4, -0.2) is 6.03 Å². The zero-order chi connectivity index (χ0) is 15.2. The maximum Gasteiger partial charge on any atom is 0.319 e. The standard InChI is InChI=1S/C18H22N2O/c1-4-15-7-5-6-8-17(15)20-18(21)19-14(3)16-11-9-13(2)10-12-16/h5-12,14H,4H2,1-3H3,(H2,19,20,21). The number of amides is 2. The first-order chi connectivity index (χ1) is 10.1. The van der Waals surface area contributed by atoms with Gasteiger partial charge in [0.25, 0.3) is 0 Å². The minimum Gasteiger partial charge on any atom is -0.331 e. The fraction of sp³-hybridized carbons (Fsp3) is 0.278. The number of hydrogen-bond donors (Lipinski definition) is 2. The molecule has 0 radical (unpaired) electrons. The predicted molar refractivity (Wildman–Crippen MR) is 87.6 cm³/mol. The molecule has 3 nitrogen and oxygen atoms in total. The number of urea groups is 1. The molecule has 2 N–H and O–H groups in total. The van der Waals surface area contributed by atoms with Gasteiger partial charge in [0.1, 0.15) is 0 Å². The Kier molecular flexibility index (Phi) is 4.99. The van der Waals surface area contributed by atoms with E-state index in [0.29, 0.717) is 0 Å². The Morgan fingerprint density at radius 1 is 1.10 bits per heavy atom. The average Bonchev–Trinajstić information content (AvgIpc) is 2.48. The number of aryl methyl sites for hydroxylation is 2. The van der Waals surface area contributed by atoms with Crippen LogP contribution in [0.2, 0.25) is 0 Å². The van der Waals surface area contributed by atoms with Gasteiger partial charge in [-0.2, -0.15) is 0 Å². The van der Waals surface area contributed by atoms with Crippen LogP contribution in [0.3, 0.4) is 0 Å². The summed E-state index contributed by atoms with van der Waals surface area (Å²) in [7, 11) is 0. The number of nitrogens with one attached hydrogen (secondary N) is 2. The van der Waals surface area contributed by atoms with Crippen molar-refractivity contribution in [3.05, 3.63) is 65.2 Å². The molecule has 0 aromatic heterocycles. The number of rotatable bonds is 4. The third kappa shape index (κ3) is 4.09. The second-order valence-electron chi connectivity index (χ2n) is 5.24. The third-order valence-corrected chi connectivity index (χ3v) is 3.57. The Morgan fingerprint density at radius 2 is 1.76 bits per heavy atom. The number of carbonyl (C=O) groups excluding carboxylic acids is 1. The zero-order valence-electron chi connectivity index (χ0n) is 12.8. The van der Waals surface area contributed by atoms with Crippen LogP contribution in [0.4, 0.5) is 10.5 Å². The maximum atomic E-state index is 12.1. The summed E-state index contributed by atoms with van der Waals surface area (Å²) < 4.78 is 0. The first-order valence-corrected chi connectivity index (χ1v) is 7.32. The molecule has 0 heterocycles. The van der Waals surface area contributed by atoms with Crippen LogP contribution in [0.25, 0.3) is 0 Å². The summed E-state index contributed by atoms with van der Waals surface area (Å²) in [5.41, 5.74) is 4.32. The van der Waals surface area contributed by atoms with Gasteiger partial charge in [-0.1, -0.05) is 55.0 Å². The largest absolute Gasteiger partial charge is 0.331 e. The van der Waals surface area contributed by atoms with Crippen LogP contribution in [0, 0.1) is 6.92 Å². The summed E-state index contributed by atoms with van der Waals surface area (Å²) in [5.74, 6) is 0. The molecule has 2 aromatic rings. The first kappa shape index (κ1) is 15.1. The molecule has 2 rings (SSSR count). The van der Waals surface area contributed by atoms with E-state index >= 15 is 0 Å². The Morgan fingerprint density at radius 3 is 2.43 bits per heavy atom. The molecule has 0 aliphatic rings. The van der Waals surface area contributed by atoms with E-state index in [-0.39, 0.29) is 12.1 Å². The minimum atomic E-state index is -0.177. The Hall–Kier alpha value is -2.29. The van der Waals surface area contributed by atoms with Gasteiger partial charge < -0.3 is 10.6 Å². The highest BCUT2D eigenvalue weighted by atomic mass is 16.2. The van der Waals surface area contributed by atoms with E-state index in [4.69, 9.17) is 0 Å². The average molecular weight is 282 g/mol. The van der Waals surface area contributed by atoms with Crippen molar-refractivity contribution in [3.8, 4) is 0 Å². The number of benzene rings is 2. The summed E-state index contributed by atoms with van der Waals surface area (Å²) in [6.45, 7) is 6.11. The van der Waals surface area contributed by atoms with Crippen LogP contribution in [0.5, 0.6) is 0 Å². The van der Waals surface area contributed by atoms with Gasteiger partial charge in [0.05, 0.1) is 6.04 Å². The molecule has 2 aromatic carbocycles. The summed E-state index contributed by atoms with van der Waals surface area (Å²) in [6.07, 6.45) is 0.893. The Balaban J connectivity index is 1.99. The fourth-order valence-electron chi connectivity index (χ4n) is 2.24. The highest BCUT2D eigenvalue weighted by molar-refractivity contribution is 5.90. The zero-order valence-corrected chi connectivity index (χ0v) is 12.8. The summed E-state index contributed by atoms with van der Waals surface area (Å²) in [4.78, 5) is 12.1. The van der Waals surface area contributed by atoms with Gasteiger partial charge in [0.15, 0.2) is 0 Å². The topological polar surface area (TPSA) is 41.1 Å². The van der Waals surface area contributed by atoms with Gasteiger partial charge in [-0.25, -0.2) is 4.79 Å². The molecule has 21 heavy (non-hydrogen) atoms. The third-order valence-electron chi connectivity index (χ3n) is 3.57.